The summed E-state index contributed by atoms with van der Waals surface area (Å²) in [5.74, 6) is 1.56. The Morgan fingerprint density at radius 3 is 2.61 bits per heavy atom. The number of hydrogen-bond donors (Lipinski definition) is 2. The number of rotatable bonds is 4. The Hall–Kier alpha value is -3.26. The van der Waals surface area contributed by atoms with Crippen LogP contribution in [0.1, 0.15) is 32.6 Å². The van der Waals surface area contributed by atoms with E-state index in [-0.39, 0.29) is 0 Å². The van der Waals surface area contributed by atoms with Gasteiger partial charge in [0.1, 0.15) is 5.52 Å². The molecule has 0 saturated carbocycles. The summed E-state index contributed by atoms with van der Waals surface area (Å²) in [4.78, 5) is 9.68. The van der Waals surface area contributed by atoms with Gasteiger partial charge in [-0.1, -0.05) is 13.0 Å². The van der Waals surface area contributed by atoms with Crippen LogP contribution < -0.4 is 10.2 Å². The van der Waals surface area contributed by atoms with Crippen molar-refractivity contribution in [1.82, 2.24) is 35.3 Å². The predicted molar refractivity (Wildman–Crippen MR) is 130 cm³/mol. The molecule has 8 heteroatoms. The minimum absolute atomic E-state index is 0.478. The first-order valence-electron chi connectivity index (χ1n) is 11.8. The van der Waals surface area contributed by atoms with Crippen LogP contribution in [0.15, 0.2) is 43.0 Å². The Kier molecular flexibility index (Phi) is 4.90. The van der Waals surface area contributed by atoms with Gasteiger partial charge in [0, 0.05) is 54.9 Å². The van der Waals surface area contributed by atoms with Crippen molar-refractivity contribution < 1.29 is 0 Å². The van der Waals surface area contributed by atoms with Gasteiger partial charge in [-0.2, -0.15) is 5.10 Å². The molecule has 2 aliphatic heterocycles. The number of benzene rings is 1. The molecule has 0 radical (unpaired) electrons. The second-order valence-corrected chi connectivity index (χ2v) is 9.73. The normalized spacial score (nSPS) is 24.8. The summed E-state index contributed by atoms with van der Waals surface area (Å²) < 4.78 is 1.85. The van der Waals surface area contributed by atoms with Gasteiger partial charge in [-0.25, -0.2) is 4.98 Å². The van der Waals surface area contributed by atoms with Gasteiger partial charge >= 0.3 is 0 Å². The molecule has 0 aliphatic carbocycles. The topological polar surface area (TPSA) is 87.6 Å². The SMILES string of the molecule is CC1C[C@@H]2CC[C@H](C[C@H]1N(C)c1ccc(-c3ccc(-c4cnc[nH]4)c4nn(C)cc34)nn1)N2. The number of H-pyrrole nitrogens is 1. The number of fused-ring (bicyclic) bond motifs is 3. The summed E-state index contributed by atoms with van der Waals surface area (Å²) in [6, 6.07) is 10.2. The largest absolute Gasteiger partial charge is 0.355 e. The van der Waals surface area contributed by atoms with Crippen LogP contribution in [0.4, 0.5) is 5.82 Å². The van der Waals surface area contributed by atoms with Gasteiger partial charge in [0.2, 0.25) is 0 Å². The number of aromatic amines is 1. The third kappa shape index (κ3) is 3.58. The molecule has 1 aromatic carbocycles. The molecule has 2 bridgehead atoms. The third-order valence-corrected chi connectivity index (χ3v) is 7.54. The first-order chi connectivity index (χ1) is 16.1. The van der Waals surface area contributed by atoms with E-state index in [4.69, 9.17) is 5.10 Å². The summed E-state index contributed by atoms with van der Waals surface area (Å²) in [7, 11) is 4.11. The van der Waals surface area contributed by atoms with Crippen LogP contribution in [0, 0.1) is 5.92 Å². The zero-order chi connectivity index (χ0) is 22.5. The van der Waals surface area contributed by atoms with Crippen LogP contribution in [0.2, 0.25) is 0 Å². The van der Waals surface area contributed by atoms with E-state index in [2.05, 4.69) is 68.6 Å². The lowest BCUT2D eigenvalue weighted by atomic mass is 9.87. The van der Waals surface area contributed by atoms with Crippen molar-refractivity contribution in [2.45, 2.75) is 50.7 Å². The molecule has 3 aromatic heterocycles. The zero-order valence-corrected chi connectivity index (χ0v) is 19.4. The van der Waals surface area contributed by atoms with Crippen molar-refractivity contribution in [3.63, 3.8) is 0 Å². The third-order valence-electron chi connectivity index (χ3n) is 7.54. The molecule has 5 heterocycles. The molecule has 2 fully saturated rings. The van der Waals surface area contributed by atoms with Gasteiger partial charge in [-0.3, -0.25) is 4.68 Å². The summed E-state index contributed by atoms with van der Waals surface area (Å²) in [6.45, 7) is 2.38. The molecule has 33 heavy (non-hydrogen) atoms. The molecular formula is C25H30N8. The standard InChI is InChI=1S/C25H30N8/c1-15-10-16-4-5-17(28-16)11-23(15)33(3)24-9-8-21(29-30-24)18-6-7-19(22-12-26-14-27-22)25-20(18)13-32(2)31-25/h6-9,12-17,23,28H,4-5,10-11H2,1-3H3,(H,26,27)/t15?,16-,17+,23+/m0/s1. The molecule has 4 aromatic rings. The van der Waals surface area contributed by atoms with Crippen molar-refractivity contribution >= 4 is 16.7 Å². The van der Waals surface area contributed by atoms with E-state index in [1.165, 1.54) is 25.7 Å². The van der Waals surface area contributed by atoms with Gasteiger partial charge in [0.15, 0.2) is 5.82 Å². The predicted octanol–water partition coefficient (Wildman–Crippen LogP) is 3.78. The maximum Gasteiger partial charge on any atom is 0.151 e. The summed E-state index contributed by atoms with van der Waals surface area (Å²) in [5.41, 5.74) is 4.80. The fourth-order valence-corrected chi connectivity index (χ4v) is 5.83. The number of nitrogens with zero attached hydrogens (tertiary/aromatic N) is 6. The van der Waals surface area contributed by atoms with Crippen LogP contribution >= 0.6 is 0 Å². The Morgan fingerprint density at radius 1 is 1.03 bits per heavy atom. The van der Waals surface area contributed by atoms with Gasteiger partial charge < -0.3 is 15.2 Å². The van der Waals surface area contributed by atoms with E-state index < -0.39 is 0 Å². The smallest absolute Gasteiger partial charge is 0.151 e. The number of anilines is 1. The number of nitrogens with one attached hydrogen (secondary N) is 2. The summed E-state index contributed by atoms with van der Waals surface area (Å²) >= 11 is 0. The highest BCUT2D eigenvalue weighted by Crippen LogP contribution is 2.35. The van der Waals surface area contributed by atoms with Crippen molar-refractivity contribution in [2.75, 3.05) is 11.9 Å². The highest BCUT2D eigenvalue weighted by atomic mass is 15.3. The van der Waals surface area contributed by atoms with Gasteiger partial charge in [-0.15, -0.1) is 10.2 Å². The average molecular weight is 443 g/mol. The first kappa shape index (κ1) is 20.4. The Morgan fingerprint density at radius 2 is 1.85 bits per heavy atom. The molecule has 4 atom stereocenters. The van der Waals surface area contributed by atoms with Crippen molar-refractivity contribution in [1.29, 1.82) is 0 Å². The maximum atomic E-state index is 4.70. The highest BCUT2D eigenvalue weighted by molar-refractivity contribution is 6.01. The summed E-state index contributed by atoms with van der Waals surface area (Å²) in [6.07, 6.45) is 10.6. The minimum atomic E-state index is 0.478. The van der Waals surface area contributed by atoms with E-state index in [9.17, 15) is 0 Å². The fourth-order valence-electron chi connectivity index (χ4n) is 5.83. The minimum Gasteiger partial charge on any atom is -0.355 e. The summed E-state index contributed by atoms with van der Waals surface area (Å²) in [5, 5.41) is 18.9. The molecule has 2 N–H and O–H groups in total. The van der Waals surface area contributed by atoms with Gasteiger partial charge in [-0.05, 0) is 49.8 Å². The molecule has 6 rings (SSSR count). The Bertz CT molecular complexity index is 1260. The molecule has 0 amide bonds. The first-order valence-corrected chi connectivity index (χ1v) is 11.8. The van der Waals surface area contributed by atoms with Crippen LogP contribution in [0.5, 0.6) is 0 Å². The van der Waals surface area contributed by atoms with Crippen molar-refractivity contribution in [3.8, 4) is 22.5 Å². The van der Waals surface area contributed by atoms with Crippen LogP contribution in [0.3, 0.4) is 0 Å². The average Bonchev–Trinajstić information content (AvgIpc) is 3.55. The Balaban J connectivity index is 1.31. The lowest BCUT2D eigenvalue weighted by Crippen LogP contribution is -2.40. The van der Waals surface area contributed by atoms with E-state index in [1.807, 2.05) is 24.1 Å². The number of imidazole rings is 1. The van der Waals surface area contributed by atoms with Gasteiger partial charge in [0.25, 0.3) is 0 Å². The van der Waals surface area contributed by atoms with Crippen molar-refractivity contribution in [2.24, 2.45) is 13.0 Å². The quantitative estimate of drug-likeness (QED) is 0.500. The second-order valence-electron chi connectivity index (χ2n) is 9.73. The molecule has 2 aliphatic rings. The maximum absolute atomic E-state index is 4.70. The fraction of sp³-hybridized carbons (Fsp3) is 0.440. The number of hydrogen-bond acceptors (Lipinski definition) is 6. The number of aryl methyl sites for hydroxylation is 1. The lowest BCUT2D eigenvalue weighted by Gasteiger charge is -2.34. The highest BCUT2D eigenvalue weighted by Gasteiger charge is 2.36. The van der Waals surface area contributed by atoms with Crippen molar-refractivity contribution in [3.05, 3.63) is 43.0 Å². The number of aromatic nitrogens is 6. The van der Waals surface area contributed by atoms with Crippen LogP contribution in [-0.4, -0.2) is 55.1 Å². The molecule has 2 saturated heterocycles. The van der Waals surface area contributed by atoms with E-state index in [1.54, 1.807) is 6.33 Å². The van der Waals surface area contributed by atoms with Crippen LogP contribution in [0.25, 0.3) is 33.4 Å². The Labute approximate surface area is 193 Å². The molecule has 170 valence electrons. The molecular weight excluding hydrogens is 412 g/mol. The lowest BCUT2D eigenvalue weighted by molar-refractivity contribution is 0.367. The van der Waals surface area contributed by atoms with E-state index in [0.717, 1.165) is 39.2 Å². The molecule has 1 unspecified atom stereocenters. The van der Waals surface area contributed by atoms with E-state index >= 15 is 0 Å². The monoisotopic (exact) mass is 442 g/mol. The zero-order valence-electron chi connectivity index (χ0n) is 19.4. The van der Waals surface area contributed by atoms with E-state index in [0.29, 0.717) is 24.0 Å². The van der Waals surface area contributed by atoms with Gasteiger partial charge in [0.05, 0.1) is 23.9 Å². The second kappa shape index (κ2) is 7.95. The molecule has 8 nitrogen and oxygen atoms in total. The van der Waals surface area contributed by atoms with Crippen LogP contribution in [-0.2, 0) is 7.05 Å². The molecule has 0 spiro atoms.